The Kier molecular flexibility index (Phi) is 10.8. The number of hydrogen-bond acceptors (Lipinski definition) is 7. The maximum Gasteiger partial charge on any atom is 0.150 e. The molecule has 3 N–H and O–H groups in total. The summed E-state index contributed by atoms with van der Waals surface area (Å²) in [5.74, 6) is 1.49. The Morgan fingerprint density at radius 1 is 1.08 bits per heavy atom. The number of benzene rings is 1. The molecule has 0 aliphatic carbocycles. The summed E-state index contributed by atoms with van der Waals surface area (Å²) in [6.07, 6.45) is 5.56. The van der Waals surface area contributed by atoms with E-state index in [4.69, 9.17) is 15.5 Å². The van der Waals surface area contributed by atoms with Gasteiger partial charge >= 0.3 is 0 Å². The topological polar surface area (TPSA) is 100 Å². The number of nitrogens with zero attached hydrogens (tertiary/aromatic N) is 4. The zero-order valence-electron chi connectivity index (χ0n) is 23.8. The summed E-state index contributed by atoms with van der Waals surface area (Å²) in [5, 5.41) is 1.05. The van der Waals surface area contributed by atoms with E-state index in [0.29, 0.717) is 25.5 Å². The average molecular weight is 647 g/mol. The molecule has 1 aliphatic heterocycles. The van der Waals surface area contributed by atoms with Crippen molar-refractivity contribution in [1.82, 2.24) is 19.9 Å². The molecule has 1 radical (unpaired) electrons. The molecule has 9 heteroatoms. The number of aromatic nitrogens is 3. The second-order valence-electron chi connectivity index (χ2n) is 12.1. The number of ether oxygens (including phenoxy) is 1. The van der Waals surface area contributed by atoms with Gasteiger partial charge in [0, 0.05) is 97.8 Å². The van der Waals surface area contributed by atoms with Gasteiger partial charge in [0.15, 0.2) is 0 Å². The Labute approximate surface area is 255 Å². The van der Waals surface area contributed by atoms with Crippen molar-refractivity contribution in [2.75, 3.05) is 56.6 Å². The first-order valence-corrected chi connectivity index (χ1v) is 13.6. The van der Waals surface area contributed by atoms with Gasteiger partial charge in [0.2, 0.25) is 0 Å². The van der Waals surface area contributed by atoms with Crippen molar-refractivity contribution in [3.8, 4) is 0 Å². The maximum atomic E-state index is 10.7. The molecule has 1 aromatic carbocycles. The third kappa shape index (κ3) is 7.78. The molecule has 0 amide bonds. The number of rotatable bonds is 12. The van der Waals surface area contributed by atoms with Crippen LogP contribution in [-0.4, -0.2) is 72.1 Å². The van der Waals surface area contributed by atoms with Gasteiger partial charge in [0.25, 0.3) is 0 Å². The Hall–Kier alpha value is -1.52. The summed E-state index contributed by atoms with van der Waals surface area (Å²) in [6, 6.07) is 6.44. The minimum absolute atomic E-state index is 0. The van der Waals surface area contributed by atoms with Gasteiger partial charge in [-0.15, -0.1) is 6.42 Å². The monoisotopic (exact) mass is 646 g/mol. The van der Waals surface area contributed by atoms with E-state index in [1.54, 1.807) is 0 Å². The normalized spacial score (nSPS) is 15.2. The molecule has 38 heavy (non-hydrogen) atoms. The molecule has 4 rings (SSSR count). The van der Waals surface area contributed by atoms with E-state index in [1.807, 2.05) is 20.1 Å². The molecule has 3 aromatic rings. The molecule has 2 aromatic heterocycles. The second-order valence-corrected chi connectivity index (χ2v) is 12.1. The van der Waals surface area contributed by atoms with Crippen molar-refractivity contribution in [3.05, 3.63) is 24.0 Å². The van der Waals surface area contributed by atoms with Crippen molar-refractivity contribution in [2.45, 2.75) is 60.3 Å². The summed E-state index contributed by atoms with van der Waals surface area (Å²) >= 11 is 0. The predicted octanol–water partition coefficient (Wildman–Crippen LogP) is 4.73. The van der Waals surface area contributed by atoms with Crippen molar-refractivity contribution in [2.24, 2.45) is 10.8 Å². The number of unbranched alkanes of at least 4 members (excludes halogenated alkanes) is 1. The fourth-order valence-corrected chi connectivity index (χ4v) is 5.12. The number of nitrogen functional groups attached to an aromatic ring is 1. The number of pyridine rings is 1. The van der Waals surface area contributed by atoms with Crippen LogP contribution in [0.1, 0.15) is 59.7 Å². The summed E-state index contributed by atoms with van der Waals surface area (Å²) < 4.78 is 6.02. The van der Waals surface area contributed by atoms with Crippen LogP contribution in [0.15, 0.2) is 18.2 Å². The van der Waals surface area contributed by atoms with E-state index in [2.05, 4.69) is 58.7 Å². The number of nitrogens with two attached hydrogens (primary N) is 1. The Morgan fingerprint density at radius 3 is 2.47 bits per heavy atom. The molecule has 1 aliphatic rings. The molecule has 8 nitrogen and oxygen atoms in total. The molecule has 0 saturated carbocycles. The molecule has 1 saturated heterocycles. The van der Waals surface area contributed by atoms with Crippen LogP contribution in [0.5, 0.6) is 0 Å². The van der Waals surface area contributed by atoms with E-state index >= 15 is 0 Å². The zero-order valence-corrected chi connectivity index (χ0v) is 27.4. The first-order valence-electron chi connectivity index (χ1n) is 13.6. The minimum Gasteiger partial charge on any atom is -0.542 e. The zero-order chi connectivity index (χ0) is 26.6. The summed E-state index contributed by atoms with van der Waals surface area (Å²) in [5.41, 5.74) is 9.99. The number of imidazole rings is 1. The van der Waals surface area contributed by atoms with Crippen molar-refractivity contribution in [3.63, 3.8) is 0 Å². The van der Waals surface area contributed by atoms with Crippen LogP contribution < -0.4 is 10.6 Å². The number of aromatic amines is 1. The standard InChI is InChI=1S/C29H43N6O2.La/c1-6-7-8-24-32-25-22-17-21(9-10-23(22)31-27(30)26(25)33-24)35-14-12-34(13-15-35)18-29(4,5)20-37-19-28(2,3)11-16-36;/h9-10,17H,6-8,11-15,18-20H2,1-5H3,(H2,30,31)(H,32,33);/q-1;. The molecular weight excluding hydrogens is 603 g/mol. The van der Waals surface area contributed by atoms with Gasteiger partial charge in [0.1, 0.15) is 22.7 Å². The number of piperazine rings is 1. The fraction of sp³-hybridized carbons (Fsp3) is 0.621. The van der Waals surface area contributed by atoms with Crippen LogP contribution in [0.25, 0.3) is 21.9 Å². The largest absolute Gasteiger partial charge is 0.542 e. The Morgan fingerprint density at radius 2 is 1.79 bits per heavy atom. The number of aryl methyl sites for hydroxylation is 1. The SMILES string of the molecule is CCCCc1nc2c([nH]1)c(N)nc1ccc(N3CCN(CC(C)(C)COCC(C)(C)C[C-]=O)CC3)cc12.[La]. The van der Waals surface area contributed by atoms with Gasteiger partial charge in [-0.1, -0.05) is 41.0 Å². The molecule has 3 heterocycles. The fourth-order valence-electron chi connectivity index (χ4n) is 5.12. The molecule has 0 spiro atoms. The van der Waals surface area contributed by atoms with Gasteiger partial charge in [-0.2, -0.15) is 0 Å². The third-order valence-corrected chi connectivity index (χ3v) is 7.18. The van der Waals surface area contributed by atoms with Crippen molar-refractivity contribution in [1.29, 1.82) is 0 Å². The minimum atomic E-state index is -0.164. The number of nitrogens with one attached hydrogen (secondary N) is 1. The average Bonchev–Trinajstić information content (AvgIpc) is 3.28. The molecule has 0 bridgehead atoms. The molecule has 0 atom stereocenters. The van der Waals surface area contributed by atoms with E-state index in [1.165, 1.54) is 5.69 Å². The number of anilines is 2. The molecule has 0 unspecified atom stereocenters. The number of carbonyl (C=O) groups excluding carboxylic acids is 1. The molecule has 205 valence electrons. The quantitative estimate of drug-likeness (QED) is 0.275. The van der Waals surface area contributed by atoms with Crippen molar-refractivity contribution < 1.29 is 45.1 Å². The van der Waals surface area contributed by atoms with Gasteiger partial charge in [0.05, 0.1) is 12.1 Å². The third-order valence-electron chi connectivity index (χ3n) is 7.18. The van der Waals surface area contributed by atoms with E-state index in [0.717, 1.165) is 79.7 Å². The first kappa shape index (κ1) is 31.0. The predicted molar refractivity (Wildman–Crippen MR) is 152 cm³/mol. The van der Waals surface area contributed by atoms with Crippen LogP contribution in [-0.2, 0) is 16.0 Å². The van der Waals surface area contributed by atoms with Crippen LogP contribution in [0.3, 0.4) is 0 Å². The smallest absolute Gasteiger partial charge is 0.150 e. The summed E-state index contributed by atoms with van der Waals surface area (Å²) in [4.78, 5) is 28.6. The van der Waals surface area contributed by atoms with E-state index in [9.17, 15) is 4.79 Å². The van der Waals surface area contributed by atoms with Crippen LogP contribution >= 0.6 is 0 Å². The summed E-state index contributed by atoms with van der Waals surface area (Å²) in [6.45, 7) is 17.0. The number of hydrogen-bond donors (Lipinski definition) is 2. The Balaban J connectivity index is 0.00000400. The second kappa shape index (κ2) is 13.2. The first-order chi connectivity index (χ1) is 17.6. The van der Waals surface area contributed by atoms with Gasteiger partial charge in [-0.3, -0.25) is 11.2 Å². The molecular formula is C29H43LaN6O2-. The van der Waals surface area contributed by atoms with Gasteiger partial charge < -0.3 is 25.1 Å². The van der Waals surface area contributed by atoms with Crippen LogP contribution in [0.4, 0.5) is 11.5 Å². The Bertz CT molecular complexity index is 1220. The van der Waals surface area contributed by atoms with Gasteiger partial charge in [-0.25, -0.2) is 9.97 Å². The van der Waals surface area contributed by atoms with Crippen LogP contribution in [0, 0.1) is 46.4 Å². The molecule has 1 fully saturated rings. The van der Waals surface area contributed by atoms with Gasteiger partial charge in [-0.05, 0) is 30.0 Å². The number of H-pyrrole nitrogens is 1. The maximum absolute atomic E-state index is 10.7. The van der Waals surface area contributed by atoms with E-state index in [-0.39, 0.29) is 46.4 Å². The van der Waals surface area contributed by atoms with E-state index < -0.39 is 0 Å². The summed E-state index contributed by atoms with van der Waals surface area (Å²) in [7, 11) is 0. The van der Waals surface area contributed by atoms with Crippen molar-refractivity contribution >= 4 is 39.7 Å². The number of fused-ring (bicyclic) bond motifs is 3. The van der Waals surface area contributed by atoms with Crippen LogP contribution in [0.2, 0.25) is 0 Å².